The first-order valence-corrected chi connectivity index (χ1v) is 5.39. The summed E-state index contributed by atoms with van der Waals surface area (Å²) in [5.41, 5.74) is 0.310. The van der Waals surface area contributed by atoms with Gasteiger partial charge in [-0.1, -0.05) is 13.3 Å². The average Bonchev–Trinajstić information content (AvgIpc) is 2.58. The lowest BCUT2D eigenvalue weighted by molar-refractivity contribution is -0.0461. The van der Waals surface area contributed by atoms with E-state index in [1.54, 1.807) is 0 Å². The van der Waals surface area contributed by atoms with Crippen LogP contribution in [0.5, 0.6) is 0 Å². The van der Waals surface area contributed by atoms with Crippen LogP contribution in [-0.4, -0.2) is 26.4 Å². The lowest BCUT2D eigenvalue weighted by atomic mass is 9.82. The van der Waals surface area contributed by atoms with Crippen LogP contribution in [0.15, 0.2) is 0 Å². The fourth-order valence-corrected chi connectivity index (χ4v) is 2.45. The second kappa shape index (κ2) is 4.97. The molecule has 0 aromatic carbocycles. The summed E-state index contributed by atoms with van der Waals surface area (Å²) in [6.07, 6.45) is 5.36. The molecular weight excluding hydrogens is 164 g/mol. The molecule has 1 fully saturated rings. The van der Waals surface area contributed by atoms with Gasteiger partial charge >= 0.3 is 0 Å². The zero-order chi connectivity index (χ0) is 9.73. The molecule has 1 rings (SSSR count). The van der Waals surface area contributed by atoms with E-state index in [2.05, 4.69) is 13.8 Å². The predicted molar refractivity (Wildman–Crippen MR) is 53.9 cm³/mol. The van der Waals surface area contributed by atoms with E-state index < -0.39 is 0 Å². The largest absolute Gasteiger partial charge is 0.381 e. The lowest BCUT2D eigenvalue weighted by Crippen LogP contribution is -2.35. The third kappa shape index (κ3) is 2.23. The summed E-state index contributed by atoms with van der Waals surface area (Å²) >= 11 is 0. The van der Waals surface area contributed by atoms with Crippen molar-refractivity contribution in [3.8, 4) is 0 Å². The van der Waals surface area contributed by atoms with Gasteiger partial charge in [0.15, 0.2) is 0 Å². The molecule has 0 aromatic rings. The van der Waals surface area contributed by atoms with Crippen LogP contribution in [0.1, 0.15) is 39.5 Å². The van der Waals surface area contributed by atoms with Gasteiger partial charge in [0.25, 0.3) is 0 Å². The quantitative estimate of drug-likeness (QED) is 0.657. The van der Waals surface area contributed by atoms with Crippen molar-refractivity contribution < 1.29 is 9.47 Å². The molecule has 0 amide bonds. The van der Waals surface area contributed by atoms with E-state index in [9.17, 15) is 0 Å². The summed E-state index contributed by atoms with van der Waals surface area (Å²) in [4.78, 5) is 0. The van der Waals surface area contributed by atoms with E-state index in [0.29, 0.717) is 11.5 Å². The summed E-state index contributed by atoms with van der Waals surface area (Å²) in [5.74, 6) is 0. The monoisotopic (exact) mass is 186 g/mol. The van der Waals surface area contributed by atoms with Crippen LogP contribution in [0.4, 0.5) is 0 Å². The Hall–Kier alpha value is -0.0800. The van der Waals surface area contributed by atoms with E-state index in [1.807, 2.05) is 7.11 Å². The minimum atomic E-state index is 0.310. The fourth-order valence-electron chi connectivity index (χ4n) is 2.45. The first-order chi connectivity index (χ1) is 6.29. The van der Waals surface area contributed by atoms with Crippen molar-refractivity contribution in [3.63, 3.8) is 0 Å². The highest BCUT2D eigenvalue weighted by molar-refractivity contribution is 4.91. The van der Waals surface area contributed by atoms with Gasteiger partial charge < -0.3 is 9.47 Å². The molecule has 2 unspecified atom stereocenters. The molecule has 1 aliphatic carbocycles. The Morgan fingerprint density at radius 1 is 1.38 bits per heavy atom. The van der Waals surface area contributed by atoms with Crippen LogP contribution in [-0.2, 0) is 9.47 Å². The highest BCUT2D eigenvalue weighted by Gasteiger charge is 2.41. The van der Waals surface area contributed by atoms with Crippen molar-refractivity contribution in [1.29, 1.82) is 0 Å². The van der Waals surface area contributed by atoms with E-state index in [4.69, 9.17) is 9.47 Å². The Morgan fingerprint density at radius 2 is 2.15 bits per heavy atom. The summed E-state index contributed by atoms with van der Waals surface area (Å²) < 4.78 is 11.1. The second-order valence-electron chi connectivity index (χ2n) is 3.97. The van der Waals surface area contributed by atoms with Gasteiger partial charge in [-0.2, -0.15) is 0 Å². The number of methoxy groups -OCH3 is 1. The van der Waals surface area contributed by atoms with Gasteiger partial charge in [-0.3, -0.25) is 0 Å². The predicted octanol–water partition coefficient (Wildman–Crippen LogP) is 2.62. The van der Waals surface area contributed by atoms with Gasteiger partial charge in [-0.05, 0) is 26.2 Å². The van der Waals surface area contributed by atoms with Crippen molar-refractivity contribution in [1.82, 2.24) is 0 Å². The minimum Gasteiger partial charge on any atom is -0.381 e. The van der Waals surface area contributed by atoms with Crippen molar-refractivity contribution in [2.24, 2.45) is 5.41 Å². The Balaban J connectivity index is 2.55. The molecular formula is C11H22O2. The molecule has 0 spiro atoms. The third-order valence-corrected chi connectivity index (χ3v) is 3.41. The topological polar surface area (TPSA) is 18.5 Å². The Kier molecular flexibility index (Phi) is 4.20. The maximum atomic E-state index is 5.56. The van der Waals surface area contributed by atoms with E-state index in [0.717, 1.165) is 13.2 Å². The molecule has 2 nitrogen and oxygen atoms in total. The van der Waals surface area contributed by atoms with E-state index in [-0.39, 0.29) is 0 Å². The van der Waals surface area contributed by atoms with Crippen molar-refractivity contribution >= 4 is 0 Å². The number of rotatable bonds is 5. The smallest absolute Gasteiger partial charge is 0.0649 e. The minimum absolute atomic E-state index is 0.310. The van der Waals surface area contributed by atoms with Gasteiger partial charge in [-0.15, -0.1) is 0 Å². The van der Waals surface area contributed by atoms with Gasteiger partial charge in [0, 0.05) is 19.1 Å². The summed E-state index contributed by atoms with van der Waals surface area (Å²) in [6, 6.07) is 0. The highest BCUT2D eigenvalue weighted by atomic mass is 16.5. The van der Waals surface area contributed by atoms with Gasteiger partial charge in [0.05, 0.1) is 12.7 Å². The van der Waals surface area contributed by atoms with Gasteiger partial charge in [0.1, 0.15) is 0 Å². The average molecular weight is 186 g/mol. The number of ether oxygens (including phenoxy) is 2. The maximum Gasteiger partial charge on any atom is 0.0649 e. The molecule has 2 atom stereocenters. The Bertz CT molecular complexity index is 147. The zero-order valence-corrected chi connectivity index (χ0v) is 9.14. The Morgan fingerprint density at radius 3 is 2.69 bits per heavy atom. The molecule has 0 heterocycles. The molecule has 0 N–H and O–H groups in total. The molecule has 0 aromatic heterocycles. The molecule has 0 radical (unpaired) electrons. The normalized spacial score (nSPS) is 33.9. The van der Waals surface area contributed by atoms with Gasteiger partial charge in [-0.25, -0.2) is 0 Å². The Labute approximate surface area is 81.6 Å². The van der Waals surface area contributed by atoms with E-state index >= 15 is 0 Å². The molecule has 2 heteroatoms. The van der Waals surface area contributed by atoms with Crippen LogP contribution >= 0.6 is 0 Å². The molecule has 13 heavy (non-hydrogen) atoms. The molecule has 0 saturated heterocycles. The summed E-state index contributed by atoms with van der Waals surface area (Å²) in [7, 11) is 1.83. The molecule has 0 aliphatic heterocycles. The lowest BCUT2D eigenvalue weighted by Gasteiger charge is -2.33. The third-order valence-electron chi connectivity index (χ3n) is 3.41. The van der Waals surface area contributed by atoms with Crippen LogP contribution in [0.25, 0.3) is 0 Å². The van der Waals surface area contributed by atoms with Crippen LogP contribution < -0.4 is 0 Å². The van der Waals surface area contributed by atoms with Crippen molar-refractivity contribution in [3.05, 3.63) is 0 Å². The van der Waals surface area contributed by atoms with Crippen LogP contribution in [0.3, 0.4) is 0 Å². The first-order valence-electron chi connectivity index (χ1n) is 5.39. The number of hydrogen-bond donors (Lipinski definition) is 0. The van der Waals surface area contributed by atoms with Crippen molar-refractivity contribution in [2.75, 3.05) is 20.3 Å². The first kappa shape index (κ1) is 11.0. The van der Waals surface area contributed by atoms with Crippen LogP contribution in [0.2, 0.25) is 0 Å². The number of hydrogen-bond acceptors (Lipinski definition) is 2. The van der Waals surface area contributed by atoms with Crippen LogP contribution in [0, 0.1) is 5.41 Å². The van der Waals surface area contributed by atoms with E-state index in [1.165, 1.54) is 25.7 Å². The molecule has 1 aliphatic rings. The molecule has 1 saturated carbocycles. The van der Waals surface area contributed by atoms with Crippen molar-refractivity contribution in [2.45, 2.75) is 45.6 Å². The SMILES string of the molecule is CCOCC1(CC)CCCC1OC. The summed E-state index contributed by atoms with van der Waals surface area (Å²) in [6.45, 7) is 5.99. The standard InChI is InChI=1S/C11H22O2/c1-4-11(9-13-5-2)8-6-7-10(11)12-3/h10H,4-9H2,1-3H3. The highest BCUT2D eigenvalue weighted by Crippen LogP contribution is 2.42. The second-order valence-corrected chi connectivity index (χ2v) is 3.97. The molecule has 78 valence electrons. The summed E-state index contributed by atoms with van der Waals surface area (Å²) in [5, 5.41) is 0. The molecule has 0 bridgehead atoms. The zero-order valence-electron chi connectivity index (χ0n) is 9.14. The maximum absolute atomic E-state index is 5.56. The fraction of sp³-hybridized carbons (Fsp3) is 1.00. The van der Waals surface area contributed by atoms with Gasteiger partial charge in [0.2, 0.25) is 0 Å².